The van der Waals surface area contributed by atoms with Gasteiger partial charge in [-0.15, -0.1) is 11.3 Å². The summed E-state index contributed by atoms with van der Waals surface area (Å²) in [5.41, 5.74) is 1.04. The first-order valence-corrected chi connectivity index (χ1v) is 13.5. The van der Waals surface area contributed by atoms with Crippen molar-refractivity contribution in [2.75, 3.05) is 4.72 Å². The summed E-state index contributed by atoms with van der Waals surface area (Å²) in [7, 11) is -3.55. The van der Waals surface area contributed by atoms with Crippen LogP contribution in [-0.2, 0) is 25.0 Å². The zero-order chi connectivity index (χ0) is 25.9. The summed E-state index contributed by atoms with van der Waals surface area (Å²) in [6, 6.07) is 10.8. The van der Waals surface area contributed by atoms with Crippen LogP contribution in [0.4, 0.5) is 18.9 Å². The molecule has 0 spiro atoms. The van der Waals surface area contributed by atoms with Gasteiger partial charge in [-0.2, -0.15) is 13.2 Å². The van der Waals surface area contributed by atoms with E-state index in [1.807, 2.05) is 12.1 Å². The molecule has 0 saturated heterocycles. The highest BCUT2D eigenvalue weighted by Gasteiger charge is 2.51. The van der Waals surface area contributed by atoms with Crippen LogP contribution in [0, 0.1) is 5.92 Å². The van der Waals surface area contributed by atoms with Crippen molar-refractivity contribution in [2.24, 2.45) is 5.92 Å². The molecule has 0 bridgehead atoms. The number of thiophene rings is 1. The lowest BCUT2D eigenvalue weighted by atomic mass is 9.86. The molecule has 0 radical (unpaired) electrons. The van der Waals surface area contributed by atoms with Gasteiger partial charge in [0.15, 0.2) is 0 Å². The third kappa shape index (κ3) is 6.97. The van der Waals surface area contributed by atoms with Crippen molar-refractivity contribution in [1.82, 2.24) is 5.32 Å². The molecule has 12 heteroatoms. The molecule has 0 aliphatic heterocycles. The van der Waals surface area contributed by atoms with Crippen LogP contribution in [0.25, 0.3) is 0 Å². The van der Waals surface area contributed by atoms with E-state index in [9.17, 15) is 26.4 Å². The number of alkyl halides is 3. The fourth-order valence-electron chi connectivity index (χ4n) is 3.98. The van der Waals surface area contributed by atoms with E-state index < -0.39 is 27.6 Å². The largest absolute Gasteiger partial charge is 0.490 e. The first-order chi connectivity index (χ1) is 16.3. The molecule has 35 heavy (non-hydrogen) atoms. The number of carboxylic acid groups (broad SMARTS) is 1. The number of halogens is 3. The fourth-order valence-corrected chi connectivity index (χ4v) is 6.03. The van der Waals surface area contributed by atoms with Gasteiger partial charge in [-0.3, -0.25) is 9.52 Å². The number of sulfonamides is 1. The van der Waals surface area contributed by atoms with Crippen LogP contribution in [0.1, 0.15) is 51.0 Å². The van der Waals surface area contributed by atoms with E-state index in [0.717, 1.165) is 37.2 Å². The van der Waals surface area contributed by atoms with E-state index in [-0.39, 0.29) is 16.2 Å². The molecule has 0 atom stereocenters. The summed E-state index contributed by atoms with van der Waals surface area (Å²) in [4.78, 5) is 21.8. The highest BCUT2D eigenvalue weighted by molar-refractivity contribution is 7.94. The number of aliphatic carboxylic acids is 1. The van der Waals surface area contributed by atoms with Gasteiger partial charge >= 0.3 is 12.1 Å². The van der Waals surface area contributed by atoms with Crippen LogP contribution >= 0.6 is 11.3 Å². The first-order valence-electron chi connectivity index (χ1n) is 11.1. The minimum Gasteiger partial charge on any atom is -0.475 e. The highest BCUT2D eigenvalue weighted by atomic mass is 32.2. The van der Waals surface area contributed by atoms with Crippen LogP contribution in [-0.4, -0.2) is 37.6 Å². The molecule has 2 aliphatic rings. The lowest BCUT2D eigenvalue weighted by Gasteiger charge is -2.28. The van der Waals surface area contributed by atoms with Crippen LogP contribution in [0.3, 0.4) is 0 Å². The molecule has 2 aliphatic carbocycles. The van der Waals surface area contributed by atoms with Crippen LogP contribution in [0.2, 0.25) is 0 Å². The summed E-state index contributed by atoms with van der Waals surface area (Å²) in [6.45, 7) is 2.27. The lowest BCUT2D eigenvalue weighted by molar-refractivity contribution is -0.192. The van der Waals surface area contributed by atoms with Gasteiger partial charge in [0.1, 0.15) is 4.21 Å². The summed E-state index contributed by atoms with van der Waals surface area (Å²) < 4.78 is 59.3. The van der Waals surface area contributed by atoms with Crippen LogP contribution in [0.5, 0.6) is 0 Å². The maximum atomic E-state index is 12.9. The standard InChI is InChI=1S/C21H26N2O3S2.C2HF3O2/c1-15-4-8-17(9-5-15)22-20(24)21(12-13-21)16-6-10-18(11-7-16)23-28(25,26)19-3-2-14-27-19;3-2(4,5)1(6)7/h2-3,6-7,10-11,14-15,17,23H,4-5,8-9,12-13H2,1H3,(H,22,24);(H,6,7). The predicted molar refractivity (Wildman–Crippen MR) is 126 cm³/mol. The van der Waals surface area contributed by atoms with Gasteiger partial charge in [0.25, 0.3) is 10.0 Å². The van der Waals surface area contributed by atoms with E-state index in [2.05, 4.69) is 17.0 Å². The zero-order valence-corrected chi connectivity index (χ0v) is 20.6. The number of rotatable bonds is 6. The smallest absolute Gasteiger partial charge is 0.475 e. The SMILES string of the molecule is CC1CCC(NC(=O)C2(c3ccc(NS(=O)(=O)c4cccs4)cc3)CC2)CC1.O=C(O)C(F)(F)F. The van der Waals surface area contributed by atoms with Crippen LogP contribution < -0.4 is 10.0 Å². The molecule has 1 aromatic heterocycles. The molecule has 2 fully saturated rings. The molecule has 2 saturated carbocycles. The Labute approximate surface area is 205 Å². The molecular weight excluding hydrogens is 505 g/mol. The molecule has 0 unspecified atom stereocenters. The van der Waals surface area contributed by atoms with Gasteiger partial charge < -0.3 is 10.4 Å². The average Bonchev–Trinajstić information content (AvgIpc) is 3.40. The minimum absolute atomic E-state index is 0.124. The second-order valence-electron chi connectivity index (χ2n) is 8.93. The zero-order valence-electron chi connectivity index (χ0n) is 19.0. The number of anilines is 1. The molecule has 7 nitrogen and oxygen atoms in total. The van der Waals surface area contributed by atoms with Gasteiger partial charge in [-0.25, -0.2) is 13.2 Å². The number of hydrogen-bond donors (Lipinski definition) is 3. The van der Waals surface area contributed by atoms with Gasteiger partial charge in [-0.1, -0.05) is 25.1 Å². The average molecular weight is 533 g/mol. The Morgan fingerprint density at radius 2 is 1.63 bits per heavy atom. The third-order valence-corrected chi connectivity index (χ3v) is 9.01. The topological polar surface area (TPSA) is 113 Å². The van der Waals surface area contributed by atoms with E-state index in [0.29, 0.717) is 5.69 Å². The maximum absolute atomic E-state index is 12.9. The Hall–Kier alpha value is -2.60. The molecular formula is C23H27F3N2O5S2. The fraction of sp³-hybridized carbons (Fsp3) is 0.478. The molecule has 4 rings (SSSR count). The van der Waals surface area contributed by atoms with Gasteiger partial charge in [0, 0.05) is 11.7 Å². The van der Waals surface area contributed by atoms with Crippen molar-refractivity contribution >= 4 is 38.9 Å². The van der Waals surface area contributed by atoms with Crippen molar-refractivity contribution in [3.05, 3.63) is 47.3 Å². The van der Waals surface area contributed by atoms with Crippen molar-refractivity contribution < 1.29 is 36.3 Å². The summed E-state index contributed by atoms with van der Waals surface area (Å²) in [5.74, 6) is -1.87. The third-order valence-electron chi connectivity index (χ3n) is 6.23. The van der Waals surface area contributed by atoms with Gasteiger partial charge in [-0.05, 0) is 73.6 Å². The Morgan fingerprint density at radius 3 is 2.09 bits per heavy atom. The molecule has 1 aromatic carbocycles. The van der Waals surface area contributed by atoms with E-state index in [1.165, 1.54) is 24.2 Å². The summed E-state index contributed by atoms with van der Waals surface area (Å²) in [5, 5.41) is 12.1. The van der Waals surface area contributed by atoms with Crippen LogP contribution in [0.15, 0.2) is 46.0 Å². The lowest BCUT2D eigenvalue weighted by Crippen LogP contribution is -2.43. The number of hydrogen-bond acceptors (Lipinski definition) is 5. The number of amides is 1. The second kappa shape index (κ2) is 10.6. The maximum Gasteiger partial charge on any atom is 0.490 e. The number of carbonyl (C=O) groups is 2. The number of carboxylic acids is 1. The van der Waals surface area contributed by atoms with E-state index in [1.54, 1.807) is 29.6 Å². The number of nitrogens with one attached hydrogen (secondary N) is 2. The molecule has 3 N–H and O–H groups in total. The quantitative estimate of drug-likeness (QED) is 0.490. The predicted octanol–water partition coefficient (Wildman–Crippen LogP) is 4.91. The minimum atomic E-state index is -5.08. The second-order valence-corrected chi connectivity index (χ2v) is 11.8. The Bertz CT molecular complexity index is 1120. The van der Waals surface area contributed by atoms with E-state index >= 15 is 0 Å². The summed E-state index contributed by atoms with van der Waals surface area (Å²) >= 11 is 1.18. The Morgan fingerprint density at radius 1 is 1.06 bits per heavy atom. The summed E-state index contributed by atoms with van der Waals surface area (Å²) in [6.07, 6.45) is 1.09. The Kier molecular flexibility index (Phi) is 8.15. The number of benzene rings is 1. The Balaban J connectivity index is 0.000000429. The van der Waals surface area contributed by atoms with Gasteiger partial charge in [0.2, 0.25) is 5.91 Å². The molecule has 192 valence electrons. The van der Waals surface area contributed by atoms with Crippen molar-refractivity contribution in [3.8, 4) is 0 Å². The first kappa shape index (κ1) is 27.0. The monoisotopic (exact) mass is 532 g/mol. The normalized spacial score (nSPS) is 21.3. The van der Waals surface area contributed by atoms with E-state index in [4.69, 9.17) is 9.90 Å². The van der Waals surface area contributed by atoms with Crippen molar-refractivity contribution in [3.63, 3.8) is 0 Å². The van der Waals surface area contributed by atoms with Crippen molar-refractivity contribution in [1.29, 1.82) is 0 Å². The van der Waals surface area contributed by atoms with Gasteiger partial charge in [0.05, 0.1) is 5.41 Å². The van der Waals surface area contributed by atoms with Crippen molar-refractivity contribution in [2.45, 2.75) is 67.3 Å². The molecule has 2 aromatic rings. The molecule has 1 amide bonds. The highest BCUT2D eigenvalue weighted by Crippen LogP contribution is 2.49. The number of carbonyl (C=O) groups excluding carboxylic acids is 1. The molecule has 1 heterocycles.